The second-order valence-corrected chi connectivity index (χ2v) is 5.23. The Hall–Kier alpha value is -1.66. The van der Waals surface area contributed by atoms with E-state index in [9.17, 15) is 0 Å². The SMILES string of the molecule is COCC(C)CNc1snc(N)c1-c1cccnc1. The molecule has 1 atom stereocenters. The number of methoxy groups -OCH3 is 1. The molecule has 5 nitrogen and oxygen atoms in total. The second kappa shape index (κ2) is 6.49. The lowest BCUT2D eigenvalue weighted by Gasteiger charge is -2.12. The van der Waals surface area contributed by atoms with Crippen molar-refractivity contribution < 1.29 is 4.74 Å². The summed E-state index contributed by atoms with van der Waals surface area (Å²) in [4.78, 5) is 4.12. The van der Waals surface area contributed by atoms with Gasteiger partial charge in [-0.3, -0.25) is 4.98 Å². The number of pyridine rings is 1. The minimum atomic E-state index is 0.426. The monoisotopic (exact) mass is 278 g/mol. The van der Waals surface area contributed by atoms with Gasteiger partial charge >= 0.3 is 0 Å². The van der Waals surface area contributed by atoms with E-state index in [0.29, 0.717) is 11.7 Å². The maximum atomic E-state index is 5.95. The van der Waals surface area contributed by atoms with Crippen molar-refractivity contribution in [2.75, 3.05) is 31.3 Å². The van der Waals surface area contributed by atoms with E-state index < -0.39 is 0 Å². The summed E-state index contributed by atoms with van der Waals surface area (Å²) in [5.41, 5.74) is 7.86. The predicted octanol–water partition coefficient (Wildman–Crippen LogP) is 2.48. The molecule has 0 fully saturated rings. The molecule has 0 amide bonds. The maximum Gasteiger partial charge on any atom is 0.147 e. The quantitative estimate of drug-likeness (QED) is 0.849. The van der Waals surface area contributed by atoms with E-state index >= 15 is 0 Å². The zero-order valence-corrected chi connectivity index (χ0v) is 11.9. The molecule has 0 bridgehead atoms. The van der Waals surface area contributed by atoms with Gasteiger partial charge in [-0.15, -0.1) is 0 Å². The predicted molar refractivity (Wildman–Crippen MR) is 79.3 cm³/mol. The first-order valence-electron chi connectivity index (χ1n) is 6.10. The van der Waals surface area contributed by atoms with Crippen LogP contribution in [0.25, 0.3) is 11.1 Å². The van der Waals surface area contributed by atoms with Crippen LogP contribution >= 0.6 is 11.5 Å². The molecule has 2 rings (SSSR count). The Morgan fingerprint density at radius 2 is 2.37 bits per heavy atom. The topological polar surface area (TPSA) is 73.1 Å². The Kier molecular flexibility index (Phi) is 4.70. The molecule has 0 aliphatic rings. The number of nitrogens with zero attached hydrogens (tertiary/aromatic N) is 2. The summed E-state index contributed by atoms with van der Waals surface area (Å²) >= 11 is 1.38. The highest BCUT2D eigenvalue weighted by Crippen LogP contribution is 2.36. The lowest BCUT2D eigenvalue weighted by Crippen LogP contribution is -2.15. The van der Waals surface area contributed by atoms with E-state index in [1.165, 1.54) is 11.5 Å². The lowest BCUT2D eigenvalue weighted by molar-refractivity contribution is 0.164. The normalized spacial score (nSPS) is 12.3. The Bertz CT molecular complexity index is 515. The first-order valence-corrected chi connectivity index (χ1v) is 6.88. The average Bonchev–Trinajstić information content (AvgIpc) is 2.79. The fraction of sp³-hybridized carbons (Fsp3) is 0.385. The standard InChI is InChI=1S/C13H18N4OS/c1-9(8-18-2)6-16-13-11(12(14)17-19-13)10-4-3-5-15-7-10/h3-5,7,9,16H,6,8H2,1-2H3,(H2,14,17). The van der Waals surface area contributed by atoms with Gasteiger partial charge in [0.15, 0.2) is 0 Å². The summed E-state index contributed by atoms with van der Waals surface area (Å²) in [6.07, 6.45) is 3.54. The maximum absolute atomic E-state index is 5.95. The minimum Gasteiger partial charge on any atom is -0.384 e. The van der Waals surface area contributed by atoms with Crippen molar-refractivity contribution in [2.45, 2.75) is 6.92 Å². The van der Waals surface area contributed by atoms with Gasteiger partial charge in [0.05, 0.1) is 12.2 Å². The molecule has 2 heterocycles. The first kappa shape index (κ1) is 13.8. The van der Waals surface area contributed by atoms with Gasteiger partial charge in [-0.2, -0.15) is 4.37 Å². The zero-order valence-electron chi connectivity index (χ0n) is 11.1. The molecular weight excluding hydrogens is 260 g/mol. The molecule has 2 aromatic heterocycles. The van der Waals surface area contributed by atoms with Crippen molar-refractivity contribution in [3.63, 3.8) is 0 Å². The van der Waals surface area contributed by atoms with Gasteiger partial charge in [0.25, 0.3) is 0 Å². The van der Waals surface area contributed by atoms with Crippen LogP contribution in [0.2, 0.25) is 0 Å². The lowest BCUT2D eigenvalue weighted by atomic mass is 10.1. The Balaban J connectivity index is 2.14. The minimum absolute atomic E-state index is 0.426. The molecule has 0 aliphatic carbocycles. The molecule has 102 valence electrons. The second-order valence-electron chi connectivity index (χ2n) is 4.46. The summed E-state index contributed by atoms with van der Waals surface area (Å²) in [7, 11) is 1.71. The fourth-order valence-electron chi connectivity index (χ4n) is 1.82. The smallest absolute Gasteiger partial charge is 0.147 e. The molecule has 1 unspecified atom stereocenters. The summed E-state index contributed by atoms with van der Waals surface area (Å²) in [6.45, 7) is 3.68. The van der Waals surface area contributed by atoms with E-state index in [1.807, 2.05) is 12.1 Å². The van der Waals surface area contributed by atoms with Crippen molar-refractivity contribution in [1.82, 2.24) is 9.36 Å². The van der Waals surface area contributed by atoms with E-state index in [1.54, 1.807) is 19.5 Å². The molecule has 0 aromatic carbocycles. The van der Waals surface area contributed by atoms with Gasteiger partial charge in [-0.05, 0) is 23.5 Å². The fourth-order valence-corrected chi connectivity index (χ4v) is 2.57. The summed E-state index contributed by atoms with van der Waals surface area (Å²) in [6, 6.07) is 3.88. The molecule has 0 aliphatic heterocycles. The number of nitrogen functional groups attached to an aromatic ring is 1. The van der Waals surface area contributed by atoms with E-state index in [-0.39, 0.29) is 0 Å². The van der Waals surface area contributed by atoms with Crippen LogP contribution in [0, 0.1) is 5.92 Å². The van der Waals surface area contributed by atoms with Gasteiger partial charge in [-0.25, -0.2) is 0 Å². The number of aromatic nitrogens is 2. The van der Waals surface area contributed by atoms with E-state index in [2.05, 4.69) is 21.6 Å². The van der Waals surface area contributed by atoms with Crippen LogP contribution < -0.4 is 11.1 Å². The largest absolute Gasteiger partial charge is 0.384 e. The Morgan fingerprint density at radius 3 is 3.05 bits per heavy atom. The van der Waals surface area contributed by atoms with E-state index in [0.717, 1.165) is 29.3 Å². The van der Waals surface area contributed by atoms with Gasteiger partial charge in [-0.1, -0.05) is 13.0 Å². The van der Waals surface area contributed by atoms with Crippen molar-refractivity contribution >= 4 is 22.4 Å². The van der Waals surface area contributed by atoms with Crippen LogP contribution in [0.4, 0.5) is 10.8 Å². The summed E-state index contributed by atoms with van der Waals surface area (Å²) in [5.74, 6) is 0.968. The summed E-state index contributed by atoms with van der Waals surface area (Å²) in [5, 5.41) is 4.37. The summed E-state index contributed by atoms with van der Waals surface area (Å²) < 4.78 is 9.34. The van der Waals surface area contributed by atoms with Gasteiger partial charge in [0.2, 0.25) is 0 Å². The third-order valence-corrected chi connectivity index (χ3v) is 3.55. The van der Waals surface area contributed by atoms with Crippen molar-refractivity contribution in [3.05, 3.63) is 24.5 Å². The molecule has 0 saturated heterocycles. The molecule has 0 radical (unpaired) electrons. The molecule has 3 N–H and O–H groups in total. The molecule has 19 heavy (non-hydrogen) atoms. The highest BCUT2D eigenvalue weighted by Gasteiger charge is 2.14. The van der Waals surface area contributed by atoms with Crippen LogP contribution in [-0.4, -0.2) is 29.6 Å². The average molecular weight is 278 g/mol. The number of rotatable bonds is 6. The molecular formula is C13H18N4OS. The number of hydrogen-bond acceptors (Lipinski definition) is 6. The molecule has 2 aromatic rings. The first-order chi connectivity index (χ1) is 9.22. The zero-order chi connectivity index (χ0) is 13.7. The molecule has 0 saturated carbocycles. The van der Waals surface area contributed by atoms with Crippen molar-refractivity contribution in [1.29, 1.82) is 0 Å². The number of ether oxygens (including phenoxy) is 1. The van der Waals surface area contributed by atoms with Gasteiger partial charge < -0.3 is 15.8 Å². The molecule has 0 spiro atoms. The van der Waals surface area contributed by atoms with Crippen molar-refractivity contribution in [3.8, 4) is 11.1 Å². The van der Waals surface area contributed by atoms with Gasteiger partial charge in [0.1, 0.15) is 10.8 Å². The number of nitrogens with one attached hydrogen (secondary N) is 1. The van der Waals surface area contributed by atoms with Gasteiger partial charge in [0, 0.05) is 31.6 Å². The van der Waals surface area contributed by atoms with Crippen LogP contribution in [0.5, 0.6) is 0 Å². The molecule has 6 heteroatoms. The van der Waals surface area contributed by atoms with E-state index in [4.69, 9.17) is 10.5 Å². The van der Waals surface area contributed by atoms with Crippen LogP contribution in [0.3, 0.4) is 0 Å². The number of nitrogens with two attached hydrogens (primary N) is 1. The Morgan fingerprint density at radius 1 is 1.53 bits per heavy atom. The highest BCUT2D eigenvalue weighted by molar-refractivity contribution is 7.11. The Labute approximate surface area is 117 Å². The number of anilines is 2. The van der Waals surface area contributed by atoms with Crippen LogP contribution in [0.1, 0.15) is 6.92 Å². The van der Waals surface area contributed by atoms with Crippen LogP contribution in [0.15, 0.2) is 24.5 Å². The number of hydrogen-bond donors (Lipinski definition) is 2. The van der Waals surface area contributed by atoms with Crippen LogP contribution in [-0.2, 0) is 4.74 Å². The third kappa shape index (κ3) is 3.42. The van der Waals surface area contributed by atoms with Crippen molar-refractivity contribution in [2.24, 2.45) is 5.92 Å². The third-order valence-electron chi connectivity index (χ3n) is 2.73. The highest BCUT2D eigenvalue weighted by atomic mass is 32.1.